The molecule has 2 N–H and O–H groups in total. The van der Waals surface area contributed by atoms with Crippen LogP contribution in [0.15, 0.2) is 42.0 Å². The first-order chi connectivity index (χ1) is 14.3. The quantitative estimate of drug-likeness (QED) is 0.101. The average Bonchev–Trinajstić information content (AvgIpc) is 2.71. The van der Waals surface area contributed by atoms with Gasteiger partial charge in [-0.25, -0.2) is 19.4 Å². The maximum atomic E-state index is 12.1. The molecule has 0 spiro atoms. The summed E-state index contributed by atoms with van der Waals surface area (Å²) in [5.74, 6) is -2.47. The number of nitro groups is 1. The van der Waals surface area contributed by atoms with E-state index in [1.54, 1.807) is 20.8 Å². The van der Waals surface area contributed by atoms with Gasteiger partial charge < -0.3 is 24.8 Å². The molecule has 1 aromatic rings. The van der Waals surface area contributed by atoms with Gasteiger partial charge in [-0.3, -0.25) is 10.1 Å². The number of nitrogens with zero attached hydrogens (tertiary/aromatic N) is 2. The maximum Gasteiger partial charge on any atom is 0.356 e. The molecule has 12 nitrogen and oxygen atoms in total. The number of anilines is 1. The second-order valence-corrected chi connectivity index (χ2v) is 5.22. The molecular weight excluding hydrogens is 400 g/mol. The molecule has 0 aromatic carbocycles. The molecule has 0 radical (unpaired) electrons. The van der Waals surface area contributed by atoms with E-state index in [9.17, 15) is 24.5 Å². The van der Waals surface area contributed by atoms with Crippen LogP contribution in [0.5, 0.6) is 0 Å². The van der Waals surface area contributed by atoms with Gasteiger partial charge in [0.1, 0.15) is 17.7 Å². The number of aromatic nitrogens is 1. The first-order valence-electron chi connectivity index (χ1n) is 8.89. The molecular formula is C18H22N4O8. The lowest BCUT2D eigenvalue weighted by atomic mass is 10.3. The Kier molecular flexibility index (Phi) is 10.0. The zero-order valence-corrected chi connectivity index (χ0v) is 16.7. The first kappa shape index (κ1) is 24.1. The monoisotopic (exact) mass is 422 g/mol. The number of pyridine rings is 1. The van der Waals surface area contributed by atoms with Gasteiger partial charge in [-0.05, 0) is 26.8 Å². The number of carbonyl (C=O) groups excluding carboxylic acids is 3. The summed E-state index contributed by atoms with van der Waals surface area (Å²) in [6.07, 6.45) is 3.16. The molecule has 0 unspecified atom stereocenters. The van der Waals surface area contributed by atoms with Gasteiger partial charge in [0, 0.05) is 18.5 Å². The predicted octanol–water partition coefficient (Wildman–Crippen LogP) is 1.41. The van der Waals surface area contributed by atoms with Crippen LogP contribution in [0, 0.1) is 10.1 Å². The fourth-order valence-corrected chi connectivity index (χ4v) is 1.86. The summed E-state index contributed by atoms with van der Waals surface area (Å²) >= 11 is 0. The van der Waals surface area contributed by atoms with Crippen molar-refractivity contribution in [3.8, 4) is 0 Å². The van der Waals surface area contributed by atoms with Crippen LogP contribution >= 0.6 is 0 Å². The molecule has 1 heterocycles. The molecule has 1 aromatic heterocycles. The lowest BCUT2D eigenvalue weighted by Crippen LogP contribution is -2.24. The van der Waals surface area contributed by atoms with E-state index >= 15 is 0 Å². The van der Waals surface area contributed by atoms with Crippen molar-refractivity contribution in [2.45, 2.75) is 20.8 Å². The standard InChI is InChI=1S/C18H22N4O8/c1-4-28-16(23)13(17(24)29-5-2)10-19-14(18(25)30-6-3)11-21-15-8-7-12(9-20-15)22(26)27/h7-11,19H,4-6H2,1-3H3,(H,20,21)/b14-11-. The van der Waals surface area contributed by atoms with Gasteiger partial charge in [-0.15, -0.1) is 0 Å². The minimum atomic E-state index is -0.934. The topological polar surface area (TPSA) is 159 Å². The highest BCUT2D eigenvalue weighted by molar-refractivity contribution is 6.14. The van der Waals surface area contributed by atoms with E-state index < -0.39 is 28.4 Å². The number of esters is 3. The number of carbonyl (C=O) groups is 3. The Bertz CT molecular complexity index is 813. The Morgan fingerprint density at radius 1 is 1.00 bits per heavy atom. The van der Waals surface area contributed by atoms with E-state index in [0.29, 0.717) is 0 Å². The Labute approximate surface area is 172 Å². The Morgan fingerprint density at radius 3 is 2.03 bits per heavy atom. The van der Waals surface area contributed by atoms with E-state index in [4.69, 9.17) is 14.2 Å². The smallest absolute Gasteiger partial charge is 0.356 e. The minimum absolute atomic E-state index is 0.0313. The van der Waals surface area contributed by atoms with Gasteiger partial charge in [-0.1, -0.05) is 0 Å². The van der Waals surface area contributed by atoms with Crippen LogP contribution in [-0.2, 0) is 28.6 Å². The Balaban J connectivity index is 3.10. The van der Waals surface area contributed by atoms with E-state index in [-0.39, 0.29) is 37.0 Å². The van der Waals surface area contributed by atoms with Crippen molar-refractivity contribution >= 4 is 29.4 Å². The molecule has 0 bridgehead atoms. The van der Waals surface area contributed by atoms with Gasteiger partial charge in [0.15, 0.2) is 5.57 Å². The molecule has 0 saturated carbocycles. The van der Waals surface area contributed by atoms with E-state index in [1.807, 2.05) is 0 Å². The fourth-order valence-electron chi connectivity index (χ4n) is 1.86. The van der Waals surface area contributed by atoms with Crippen LogP contribution in [0.4, 0.5) is 11.5 Å². The Morgan fingerprint density at radius 2 is 1.57 bits per heavy atom. The summed E-state index contributed by atoms with van der Waals surface area (Å²) in [6.45, 7) is 4.87. The third kappa shape index (κ3) is 7.58. The molecule has 0 aliphatic carbocycles. The van der Waals surface area contributed by atoms with E-state index in [1.165, 1.54) is 12.1 Å². The number of ether oxygens (including phenoxy) is 3. The molecule has 0 amide bonds. The second kappa shape index (κ2) is 12.5. The van der Waals surface area contributed by atoms with Crippen molar-refractivity contribution < 1.29 is 33.5 Å². The highest BCUT2D eigenvalue weighted by Gasteiger charge is 2.22. The SMILES string of the molecule is CCOC(=O)C(=CN/C(=C\Nc1ccc([N+](=O)[O-])cn1)C(=O)OCC)C(=O)OCC. The van der Waals surface area contributed by atoms with Gasteiger partial charge in [0.25, 0.3) is 5.69 Å². The molecule has 0 fully saturated rings. The zero-order valence-electron chi connectivity index (χ0n) is 16.7. The molecule has 162 valence electrons. The van der Waals surface area contributed by atoms with E-state index in [2.05, 4.69) is 15.6 Å². The van der Waals surface area contributed by atoms with Crippen LogP contribution in [0.3, 0.4) is 0 Å². The molecule has 0 atom stereocenters. The summed E-state index contributed by atoms with van der Waals surface area (Å²) in [5, 5.41) is 15.8. The van der Waals surface area contributed by atoms with Crippen molar-refractivity contribution in [1.82, 2.24) is 10.3 Å². The van der Waals surface area contributed by atoms with E-state index in [0.717, 1.165) is 18.6 Å². The number of nitrogens with one attached hydrogen (secondary N) is 2. The molecule has 1 rings (SSSR count). The van der Waals surface area contributed by atoms with Crippen LogP contribution in [-0.4, -0.2) is 47.6 Å². The zero-order chi connectivity index (χ0) is 22.5. The largest absolute Gasteiger partial charge is 0.462 e. The number of rotatable bonds is 11. The van der Waals surface area contributed by atoms with Crippen LogP contribution in [0.1, 0.15) is 20.8 Å². The van der Waals surface area contributed by atoms with Crippen molar-refractivity contribution in [2.75, 3.05) is 25.1 Å². The highest BCUT2D eigenvalue weighted by Crippen LogP contribution is 2.12. The maximum absolute atomic E-state index is 12.1. The number of hydrogen-bond donors (Lipinski definition) is 2. The van der Waals surface area contributed by atoms with Crippen molar-refractivity contribution in [2.24, 2.45) is 0 Å². The Hall–Kier alpha value is -3.96. The van der Waals surface area contributed by atoms with Crippen LogP contribution < -0.4 is 10.6 Å². The van der Waals surface area contributed by atoms with Crippen LogP contribution in [0.25, 0.3) is 0 Å². The summed E-state index contributed by atoms with van der Waals surface area (Å²) in [6, 6.07) is 2.55. The molecule has 12 heteroatoms. The summed E-state index contributed by atoms with van der Waals surface area (Å²) < 4.78 is 14.5. The third-order valence-corrected chi connectivity index (χ3v) is 3.18. The molecule has 30 heavy (non-hydrogen) atoms. The van der Waals surface area contributed by atoms with Crippen molar-refractivity contribution in [3.63, 3.8) is 0 Å². The first-order valence-corrected chi connectivity index (χ1v) is 8.89. The van der Waals surface area contributed by atoms with Crippen molar-refractivity contribution in [1.29, 1.82) is 0 Å². The van der Waals surface area contributed by atoms with Crippen molar-refractivity contribution in [3.05, 3.63) is 52.1 Å². The summed E-state index contributed by atoms with van der Waals surface area (Å²) in [4.78, 5) is 50.0. The van der Waals surface area contributed by atoms with Gasteiger partial charge in [0.05, 0.1) is 24.7 Å². The highest BCUT2D eigenvalue weighted by atomic mass is 16.6. The minimum Gasteiger partial charge on any atom is -0.462 e. The predicted molar refractivity (Wildman–Crippen MR) is 104 cm³/mol. The van der Waals surface area contributed by atoms with Crippen LogP contribution in [0.2, 0.25) is 0 Å². The molecule has 0 saturated heterocycles. The number of hydrogen-bond acceptors (Lipinski definition) is 11. The molecule has 0 aliphatic rings. The fraction of sp³-hybridized carbons (Fsp3) is 0.333. The van der Waals surface area contributed by atoms with Gasteiger partial charge in [-0.2, -0.15) is 0 Å². The average molecular weight is 422 g/mol. The normalized spacial score (nSPS) is 10.4. The third-order valence-electron chi connectivity index (χ3n) is 3.18. The second-order valence-electron chi connectivity index (χ2n) is 5.22. The van der Waals surface area contributed by atoms with Gasteiger partial charge >= 0.3 is 17.9 Å². The lowest BCUT2D eigenvalue weighted by Gasteiger charge is -2.10. The summed E-state index contributed by atoms with van der Waals surface area (Å²) in [7, 11) is 0. The summed E-state index contributed by atoms with van der Waals surface area (Å²) in [5.41, 5.74) is -0.838. The lowest BCUT2D eigenvalue weighted by molar-refractivity contribution is -0.385. The molecule has 0 aliphatic heterocycles. The van der Waals surface area contributed by atoms with Gasteiger partial charge in [0.2, 0.25) is 0 Å².